The third-order valence-corrected chi connectivity index (χ3v) is 4.81. The lowest BCUT2D eigenvalue weighted by Gasteiger charge is -2.48. The minimum absolute atomic E-state index is 0.148. The molecule has 2 rings (SSSR count). The van der Waals surface area contributed by atoms with Crippen LogP contribution >= 0.6 is 0 Å². The molecule has 21 heavy (non-hydrogen) atoms. The summed E-state index contributed by atoms with van der Waals surface area (Å²) in [7, 11) is 0. The second-order valence-corrected chi connectivity index (χ2v) is 5.99. The Balaban J connectivity index is 2.16. The lowest BCUT2D eigenvalue weighted by atomic mass is 9.83. The van der Waals surface area contributed by atoms with Crippen LogP contribution in [0.3, 0.4) is 0 Å². The normalized spacial score (nSPS) is 20.9. The molecule has 1 saturated heterocycles. The average molecular weight is 291 g/mol. The predicted octanol–water partition coefficient (Wildman–Crippen LogP) is 2.10. The van der Waals surface area contributed by atoms with Gasteiger partial charge in [-0.25, -0.2) is 0 Å². The van der Waals surface area contributed by atoms with Gasteiger partial charge in [0.1, 0.15) is 0 Å². The monoisotopic (exact) mass is 291 g/mol. The van der Waals surface area contributed by atoms with Gasteiger partial charge in [0.2, 0.25) is 0 Å². The number of ether oxygens (including phenoxy) is 1. The van der Waals surface area contributed by atoms with Gasteiger partial charge < -0.3 is 10.1 Å². The van der Waals surface area contributed by atoms with E-state index < -0.39 is 0 Å². The van der Waals surface area contributed by atoms with Crippen LogP contribution in [-0.4, -0.2) is 54.3 Å². The topological polar surface area (TPSA) is 37.4 Å². The van der Waals surface area contributed by atoms with Crippen molar-refractivity contribution < 1.29 is 4.74 Å². The number of likely N-dealkylation sites (N-methyl/N-ethyl adjacent to an activating group) is 1. The van der Waals surface area contributed by atoms with Gasteiger partial charge in [0.25, 0.3) is 0 Å². The molecule has 0 bridgehead atoms. The number of hydrogen-bond acceptors (Lipinski definition) is 4. The fourth-order valence-corrected chi connectivity index (χ4v) is 3.28. The maximum atomic E-state index is 5.53. The van der Waals surface area contributed by atoms with Crippen LogP contribution in [0.2, 0.25) is 0 Å². The number of nitrogens with one attached hydrogen (secondary N) is 1. The molecule has 118 valence electrons. The quantitative estimate of drug-likeness (QED) is 0.835. The van der Waals surface area contributed by atoms with Crippen molar-refractivity contribution >= 4 is 0 Å². The highest BCUT2D eigenvalue weighted by Crippen LogP contribution is 2.27. The zero-order valence-electron chi connectivity index (χ0n) is 13.6. The molecule has 1 aromatic heterocycles. The number of aromatic nitrogens is 1. The van der Waals surface area contributed by atoms with Crippen molar-refractivity contribution in [1.29, 1.82) is 0 Å². The summed E-state index contributed by atoms with van der Waals surface area (Å²) in [5.41, 5.74) is 1.45. The van der Waals surface area contributed by atoms with Gasteiger partial charge in [-0.3, -0.25) is 9.88 Å². The molecule has 0 radical (unpaired) electrons. The molecule has 0 aromatic carbocycles. The van der Waals surface area contributed by atoms with Gasteiger partial charge in [-0.2, -0.15) is 0 Å². The molecule has 1 aliphatic rings. The minimum Gasteiger partial charge on any atom is -0.379 e. The summed E-state index contributed by atoms with van der Waals surface area (Å²) in [6, 6.07) is 4.62. The first-order valence-electron chi connectivity index (χ1n) is 8.15. The van der Waals surface area contributed by atoms with Crippen molar-refractivity contribution in [3.05, 3.63) is 30.1 Å². The van der Waals surface area contributed by atoms with E-state index in [0.717, 1.165) is 45.7 Å². The molecule has 0 spiro atoms. The van der Waals surface area contributed by atoms with E-state index in [1.807, 2.05) is 18.5 Å². The second kappa shape index (κ2) is 7.87. The summed E-state index contributed by atoms with van der Waals surface area (Å²) in [5.74, 6) is 0. The maximum Gasteiger partial charge on any atom is 0.0594 e. The van der Waals surface area contributed by atoms with Crippen molar-refractivity contribution in [2.24, 2.45) is 0 Å². The van der Waals surface area contributed by atoms with Crippen LogP contribution in [0.1, 0.15) is 32.8 Å². The summed E-state index contributed by atoms with van der Waals surface area (Å²) in [6.07, 6.45) is 5.97. The Morgan fingerprint density at radius 3 is 2.71 bits per heavy atom. The molecule has 1 N–H and O–H groups in total. The van der Waals surface area contributed by atoms with E-state index >= 15 is 0 Å². The molecule has 0 saturated carbocycles. The van der Waals surface area contributed by atoms with Crippen molar-refractivity contribution in [2.45, 2.75) is 45.2 Å². The third kappa shape index (κ3) is 4.02. The SMILES string of the molecule is CCNC(Cc1cccnc1)C(C)(CC)N1CCOCC1. The molecular formula is C17H29N3O. The Morgan fingerprint density at radius 2 is 2.14 bits per heavy atom. The molecule has 2 atom stereocenters. The lowest BCUT2D eigenvalue weighted by molar-refractivity contribution is -0.0320. The lowest BCUT2D eigenvalue weighted by Crippen LogP contribution is -2.62. The molecule has 4 nitrogen and oxygen atoms in total. The van der Waals surface area contributed by atoms with Crippen LogP contribution < -0.4 is 5.32 Å². The van der Waals surface area contributed by atoms with Crippen molar-refractivity contribution in [2.75, 3.05) is 32.8 Å². The first-order valence-corrected chi connectivity index (χ1v) is 8.15. The fourth-order valence-electron chi connectivity index (χ4n) is 3.28. The standard InChI is InChI=1S/C17H29N3O/c1-4-17(3,20-9-11-21-12-10-20)16(19-5-2)13-15-7-6-8-18-14-15/h6-8,14,16,19H,4-5,9-13H2,1-3H3. The predicted molar refractivity (Wildman–Crippen MR) is 86.5 cm³/mol. The van der Waals surface area contributed by atoms with E-state index in [0.29, 0.717) is 6.04 Å². The van der Waals surface area contributed by atoms with E-state index in [2.05, 4.69) is 42.0 Å². The smallest absolute Gasteiger partial charge is 0.0594 e. The first kappa shape index (κ1) is 16.4. The highest BCUT2D eigenvalue weighted by molar-refractivity contribution is 5.13. The van der Waals surface area contributed by atoms with Crippen molar-refractivity contribution in [3.63, 3.8) is 0 Å². The van der Waals surface area contributed by atoms with Crippen LogP contribution in [0.5, 0.6) is 0 Å². The fraction of sp³-hybridized carbons (Fsp3) is 0.706. The Kier molecular flexibility index (Phi) is 6.15. The molecule has 1 fully saturated rings. The second-order valence-electron chi connectivity index (χ2n) is 5.99. The summed E-state index contributed by atoms with van der Waals surface area (Å²) in [6.45, 7) is 11.6. The molecule has 2 unspecified atom stereocenters. The Labute approximate surface area is 128 Å². The van der Waals surface area contributed by atoms with Gasteiger partial charge in [-0.15, -0.1) is 0 Å². The third-order valence-electron chi connectivity index (χ3n) is 4.81. The summed E-state index contributed by atoms with van der Waals surface area (Å²) >= 11 is 0. The van der Waals surface area contributed by atoms with Crippen molar-refractivity contribution in [1.82, 2.24) is 15.2 Å². The van der Waals surface area contributed by atoms with E-state index in [-0.39, 0.29) is 5.54 Å². The van der Waals surface area contributed by atoms with E-state index in [1.54, 1.807) is 0 Å². The number of nitrogens with zero attached hydrogens (tertiary/aromatic N) is 2. The maximum absolute atomic E-state index is 5.53. The molecular weight excluding hydrogens is 262 g/mol. The first-order chi connectivity index (χ1) is 10.2. The van der Waals surface area contributed by atoms with Crippen LogP contribution in [0.4, 0.5) is 0 Å². The number of hydrogen-bond donors (Lipinski definition) is 1. The Bertz CT molecular complexity index is 406. The molecule has 4 heteroatoms. The summed E-state index contributed by atoms with van der Waals surface area (Å²) in [4.78, 5) is 6.85. The molecule has 1 aromatic rings. The zero-order valence-corrected chi connectivity index (χ0v) is 13.6. The van der Waals surface area contributed by atoms with Gasteiger partial charge in [-0.05, 0) is 37.9 Å². The largest absolute Gasteiger partial charge is 0.379 e. The van der Waals surface area contributed by atoms with Gasteiger partial charge in [-0.1, -0.05) is 19.9 Å². The number of pyridine rings is 1. The van der Waals surface area contributed by atoms with Crippen LogP contribution in [0, 0.1) is 0 Å². The molecule has 2 heterocycles. The molecule has 1 aliphatic heterocycles. The van der Waals surface area contributed by atoms with Crippen LogP contribution in [0.25, 0.3) is 0 Å². The van der Waals surface area contributed by atoms with E-state index in [1.165, 1.54) is 5.56 Å². The van der Waals surface area contributed by atoms with Crippen LogP contribution in [-0.2, 0) is 11.2 Å². The van der Waals surface area contributed by atoms with Gasteiger partial charge in [0.05, 0.1) is 13.2 Å². The van der Waals surface area contributed by atoms with Gasteiger partial charge in [0, 0.05) is 37.1 Å². The van der Waals surface area contributed by atoms with Crippen molar-refractivity contribution in [3.8, 4) is 0 Å². The highest BCUT2D eigenvalue weighted by atomic mass is 16.5. The number of morpholine rings is 1. The van der Waals surface area contributed by atoms with Gasteiger partial charge >= 0.3 is 0 Å². The Hall–Kier alpha value is -0.970. The van der Waals surface area contributed by atoms with E-state index in [9.17, 15) is 0 Å². The highest BCUT2D eigenvalue weighted by Gasteiger charge is 2.38. The van der Waals surface area contributed by atoms with Gasteiger partial charge in [0.15, 0.2) is 0 Å². The average Bonchev–Trinajstić information content (AvgIpc) is 2.55. The zero-order chi connectivity index (χ0) is 15.1. The Morgan fingerprint density at radius 1 is 1.38 bits per heavy atom. The van der Waals surface area contributed by atoms with E-state index in [4.69, 9.17) is 4.74 Å². The summed E-state index contributed by atoms with van der Waals surface area (Å²) < 4.78 is 5.53. The minimum atomic E-state index is 0.148. The van der Waals surface area contributed by atoms with Crippen LogP contribution in [0.15, 0.2) is 24.5 Å². The summed E-state index contributed by atoms with van der Waals surface area (Å²) in [5, 5.41) is 3.71. The molecule has 0 amide bonds. The number of rotatable bonds is 7. The molecule has 0 aliphatic carbocycles.